The molecule has 1 N–H and O–H groups in total. The van der Waals surface area contributed by atoms with Crippen molar-refractivity contribution >= 4 is 22.8 Å². The molecular weight excluding hydrogens is 453 g/mol. The van der Waals surface area contributed by atoms with Crippen molar-refractivity contribution in [1.29, 1.82) is 0 Å². The zero-order valence-electron chi connectivity index (χ0n) is 16.5. The molecule has 2 aromatic carbocycles. The van der Waals surface area contributed by atoms with Gasteiger partial charge < -0.3 is 9.47 Å². The molecule has 6 nitrogen and oxygen atoms in total. The highest BCUT2D eigenvalue weighted by atomic mass is 32.2. The summed E-state index contributed by atoms with van der Waals surface area (Å²) in [6, 6.07) is 9.66. The fourth-order valence-electron chi connectivity index (χ4n) is 3.23. The van der Waals surface area contributed by atoms with E-state index in [9.17, 15) is 21.6 Å². The Bertz CT molecular complexity index is 980. The summed E-state index contributed by atoms with van der Waals surface area (Å²) in [7, 11) is -3.82. The first-order valence-corrected chi connectivity index (χ1v) is 11.6. The molecule has 1 aliphatic heterocycles. The molecule has 0 radical (unpaired) electrons. The molecule has 1 aliphatic rings. The third-order valence-corrected chi connectivity index (χ3v) is 6.71. The largest absolute Gasteiger partial charge is 0.492 e. The molecular formula is C20H23F3N2O4S2. The molecule has 2 atom stereocenters. The van der Waals surface area contributed by atoms with Crippen LogP contribution in [0.5, 0.6) is 5.75 Å². The monoisotopic (exact) mass is 476 g/mol. The number of hydrogen-bond donors (Lipinski definition) is 2. The SMILES string of the molecule is O=S(=O)(NCCOc1ccccc1)N1C[C@H](S)C[C@H]1COCc1cc(F)c(F)cc1F. The van der Waals surface area contributed by atoms with E-state index in [0.29, 0.717) is 18.2 Å². The summed E-state index contributed by atoms with van der Waals surface area (Å²) in [6.45, 7) is 0.0437. The van der Waals surface area contributed by atoms with Crippen molar-refractivity contribution in [2.75, 3.05) is 26.3 Å². The third kappa shape index (κ3) is 6.59. The molecule has 0 aromatic heterocycles. The Morgan fingerprint density at radius 2 is 1.81 bits per heavy atom. The predicted molar refractivity (Wildman–Crippen MR) is 113 cm³/mol. The van der Waals surface area contributed by atoms with Gasteiger partial charge >= 0.3 is 0 Å². The van der Waals surface area contributed by atoms with Crippen LogP contribution in [0.15, 0.2) is 42.5 Å². The standard InChI is InChI=1S/C20H23F3N2O4S2/c21-18-10-20(23)19(22)8-14(18)12-28-13-15-9-17(30)11-25(15)31(26,27)24-6-7-29-16-4-2-1-3-5-16/h1-5,8,10,15,17,24,30H,6-7,9,11-13H2/t15-,17+/m0/s1. The van der Waals surface area contributed by atoms with Gasteiger partial charge in [0.2, 0.25) is 0 Å². The summed E-state index contributed by atoms with van der Waals surface area (Å²) >= 11 is 4.37. The Labute approximate surface area is 184 Å². The van der Waals surface area contributed by atoms with Gasteiger partial charge in [-0.15, -0.1) is 0 Å². The Morgan fingerprint density at radius 3 is 2.55 bits per heavy atom. The normalized spacial score (nSPS) is 19.6. The van der Waals surface area contributed by atoms with Crippen LogP contribution < -0.4 is 9.46 Å². The van der Waals surface area contributed by atoms with Crippen molar-refractivity contribution in [1.82, 2.24) is 9.03 Å². The highest BCUT2D eigenvalue weighted by Gasteiger charge is 2.38. The Kier molecular flexibility index (Phi) is 8.23. The summed E-state index contributed by atoms with van der Waals surface area (Å²) in [5.41, 5.74) is -0.148. The van der Waals surface area contributed by atoms with Crippen molar-refractivity contribution in [2.45, 2.75) is 24.3 Å². The van der Waals surface area contributed by atoms with Crippen LogP contribution in [0.1, 0.15) is 12.0 Å². The number of nitrogens with zero attached hydrogens (tertiary/aromatic N) is 1. The minimum Gasteiger partial charge on any atom is -0.492 e. The zero-order valence-corrected chi connectivity index (χ0v) is 18.2. The van der Waals surface area contributed by atoms with E-state index in [1.54, 1.807) is 12.1 Å². The molecule has 0 aliphatic carbocycles. The maximum atomic E-state index is 13.7. The van der Waals surface area contributed by atoms with Gasteiger partial charge in [0, 0.05) is 30.0 Å². The Balaban J connectivity index is 1.51. The topological polar surface area (TPSA) is 67.9 Å². The van der Waals surface area contributed by atoms with Crippen molar-refractivity contribution < 1.29 is 31.1 Å². The van der Waals surface area contributed by atoms with Crippen molar-refractivity contribution in [3.05, 3.63) is 65.5 Å². The lowest BCUT2D eigenvalue weighted by atomic mass is 10.2. The van der Waals surface area contributed by atoms with E-state index in [-0.39, 0.29) is 43.7 Å². The maximum absolute atomic E-state index is 13.7. The smallest absolute Gasteiger partial charge is 0.279 e. The van der Waals surface area contributed by atoms with E-state index < -0.39 is 33.7 Å². The average molecular weight is 477 g/mol. The van der Waals surface area contributed by atoms with Crippen LogP contribution in [0, 0.1) is 17.5 Å². The molecule has 0 unspecified atom stereocenters. The predicted octanol–water partition coefficient (Wildman–Crippen LogP) is 2.91. The van der Waals surface area contributed by atoms with E-state index >= 15 is 0 Å². The van der Waals surface area contributed by atoms with E-state index in [1.165, 1.54) is 4.31 Å². The molecule has 31 heavy (non-hydrogen) atoms. The van der Waals surface area contributed by atoms with E-state index in [0.717, 1.165) is 6.07 Å². The van der Waals surface area contributed by atoms with Gasteiger partial charge in [-0.3, -0.25) is 0 Å². The lowest BCUT2D eigenvalue weighted by molar-refractivity contribution is 0.0849. The quantitative estimate of drug-likeness (QED) is 0.314. The van der Waals surface area contributed by atoms with Gasteiger partial charge in [0.1, 0.15) is 18.2 Å². The minimum absolute atomic E-state index is 0.0447. The second kappa shape index (κ2) is 10.7. The number of ether oxygens (including phenoxy) is 2. The Hall–Kier alpha value is -1.79. The fraction of sp³-hybridized carbons (Fsp3) is 0.400. The van der Waals surface area contributed by atoms with Crippen molar-refractivity contribution in [2.24, 2.45) is 0 Å². The van der Waals surface area contributed by atoms with Crippen LogP contribution in [0.3, 0.4) is 0 Å². The van der Waals surface area contributed by atoms with Crippen molar-refractivity contribution in [3.8, 4) is 5.75 Å². The number of benzene rings is 2. The fourth-order valence-corrected chi connectivity index (χ4v) is 5.18. The number of para-hydroxylation sites is 1. The lowest BCUT2D eigenvalue weighted by Gasteiger charge is -2.24. The minimum atomic E-state index is -3.82. The van der Waals surface area contributed by atoms with Gasteiger partial charge in [-0.25, -0.2) is 13.2 Å². The number of hydrogen-bond acceptors (Lipinski definition) is 5. The highest BCUT2D eigenvalue weighted by molar-refractivity contribution is 7.87. The molecule has 1 saturated heterocycles. The van der Waals surface area contributed by atoms with E-state index in [1.807, 2.05) is 18.2 Å². The van der Waals surface area contributed by atoms with Crippen LogP contribution in [0.4, 0.5) is 13.2 Å². The van der Waals surface area contributed by atoms with Crippen LogP contribution >= 0.6 is 12.6 Å². The molecule has 0 bridgehead atoms. The number of rotatable bonds is 10. The molecule has 0 amide bonds. The van der Waals surface area contributed by atoms with Crippen LogP contribution in [-0.2, 0) is 21.6 Å². The molecule has 0 spiro atoms. The molecule has 11 heteroatoms. The zero-order chi connectivity index (χ0) is 22.4. The summed E-state index contributed by atoms with van der Waals surface area (Å²) in [5, 5.41) is -0.189. The first-order valence-electron chi connectivity index (χ1n) is 9.60. The molecule has 3 rings (SSSR count). The van der Waals surface area contributed by atoms with Gasteiger partial charge in [-0.05, 0) is 24.6 Å². The summed E-state index contributed by atoms with van der Waals surface area (Å²) in [4.78, 5) is 0. The second-order valence-electron chi connectivity index (χ2n) is 7.05. The molecule has 170 valence electrons. The van der Waals surface area contributed by atoms with E-state index in [2.05, 4.69) is 17.4 Å². The van der Waals surface area contributed by atoms with Gasteiger partial charge in [0.15, 0.2) is 11.6 Å². The van der Waals surface area contributed by atoms with Gasteiger partial charge in [-0.1, -0.05) is 18.2 Å². The highest BCUT2D eigenvalue weighted by Crippen LogP contribution is 2.25. The lowest BCUT2D eigenvalue weighted by Crippen LogP contribution is -2.46. The van der Waals surface area contributed by atoms with E-state index in [4.69, 9.17) is 9.47 Å². The molecule has 1 fully saturated rings. The maximum Gasteiger partial charge on any atom is 0.279 e. The molecule has 1 heterocycles. The number of thiol groups is 1. The molecule has 0 saturated carbocycles. The van der Waals surface area contributed by atoms with Crippen LogP contribution in [0.2, 0.25) is 0 Å². The van der Waals surface area contributed by atoms with Gasteiger partial charge in [0.05, 0.1) is 19.3 Å². The molecule has 2 aromatic rings. The number of nitrogens with one attached hydrogen (secondary N) is 1. The summed E-state index contributed by atoms with van der Waals surface area (Å²) in [5.74, 6) is -2.76. The van der Waals surface area contributed by atoms with Crippen LogP contribution in [0.25, 0.3) is 0 Å². The van der Waals surface area contributed by atoms with Gasteiger partial charge in [-0.2, -0.15) is 30.1 Å². The second-order valence-corrected chi connectivity index (χ2v) is 9.48. The van der Waals surface area contributed by atoms with Crippen LogP contribution in [-0.4, -0.2) is 50.3 Å². The first kappa shape index (κ1) is 23.9. The Morgan fingerprint density at radius 1 is 1.10 bits per heavy atom. The summed E-state index contributed by atoms with van der Waals surface area (Å²) < 4.78 is 80.0. The van der Waals surface area contributed by atoms with Gasteiger partial charge in [0.25, 0.3) is 10.2 Å². The third-order valence-electron chi connectivity index (χ3n) is 4.71. The first-order chi connectivity index (χ1) is 14.8. The van der Waals surface area contributed by atoms with Crippen molar-refractivity contribution in [3.63, 3.8) is 0 Å². The summed E-state index contributed by atoms with van der Waals surface area (Å²) in [6.07, 6.45) is 0.435. The average Bonchev–Trinajstić information content (AvgIpc) is 3.11. The number of halogens is 3.